The summed E-state index contributed by atoms with van der Waals surface area (Å²) >= 11 is 3.33. The van der Waals surface area contributed by atoms with Crippen molar-refractivity contribution in [2.24, 2.45) is 0 Å². The van der Waals surface area contributed by atoms with Crippen molar-refractivity contribution in [1.82, 2.24) is 9.97 Å². The van der Waals surface area contributed by atoms with E-state index in [4.69, 9.17) is 0 Å². The van der Waals surface area contributed by atoms with Gasteiger partial charge in [-0.2, -0.15) is 0 Å². The number of benzene rings is 2. The number of nitrogens with zero attached hydrogens (tertiary/aromatic N) is 2. The first-order valence-electron chi connectivity index (χ1n) is 6.82. The molecule has 1 heterocycles. The van der Waals surface area contributed by atoms with E-state index in [1.165, 1.54) is 12.4 Å². The van der Waals surface area contributed by atoms with Gasteiger partial charge in [0.05, 0.1) is 6.54 Å². The Kier molecular flexibility index (Phi) is 4.47. The van der Waals surface area contributed by atoms with Crippen LogP contribution < -0.4 is 10.6 Å². The standard InChI is InChI=1S/C16H12BrFN4O/c17-10-4-6-11(7-5-10)22-14(23)8-19-16-12-2-1-3-13(18)15(12)20-9-21-16/h1-7,9H,8H2,(H,22,23)(H,19,20,21). The van der Waals surface area contributed by atoms with E-state index in [9.17, 15) is 9.18 Å². The molecule has 23 heavy (non-hydrogen) atoms. The highest BCUT2D eigenvalue weighted by atomic mass is 79.9. The van der Waals surface area contributed by atoms with E-state index >= 15 is 0 Å². The molecule has 116 valence electrons. The number of anilines is 2. The molecule has 0 radical (unpaired) electrons. The Bertz CT molecular complexity index is 854. The van der Waals surface area contributed by atoms with Crippen LogP contribution >= 0.6 is 15.9 Å². The van der Waals surface area contributed by atoms with Crippen molar-refractivity contribution in [2.45, 2.75) is 0 Å². The fraction of sp³-hybridized carbons (Fsp3) is 0.0625. The molecule has 0 saturated heterocycles. The first kappa shape index (κ1) is 15.4. The Morgan fingerprint density at radius 1 is 1.13 bits per heavy atom. The number of fused-ring (bicyclic) bond motifs is 1. The number of rotatable bonds is 4. The van der Waals surface area contributed by atoms with Gasteiger partial charge in [0.2, 0.25) is 5.91 Å². The van der Waals surface area contributed by atoms with Crippen LogP contribution in [-0.4, -0.2) is 22.4 Å². The van der Waals surface area contributed by atoms with Crippen molar-refractivity contribution >= 4 is 44.2 Å². The number of carbonyl (C=O) groups is 1. The molecule has 0 fully saturated rings. The minimum atomic E-state index is -0.424. The number of hydrogen-bond donors (Lipinski definition) is 2. The quantitative estimate of drug-likeness (QED) is 0.732. The molecule has 0 unspecified atom stereocenters. The first-order chi connectivity index (χ1) is 11.1. The molecule has 7 heteroatoms. The lowest BCUT2D eigenvalue weighted by Crippen LogP contribution is -2.22. The van der Waals surface area contributed by atoms with Crippen molar-refractivity contribution in [3.8, 4) is 0 Å². The van der Waals surface area contributed by atoms with Gasteiger partial charge in [0.15, 0.2) is 0 Å². The van der Waals surface area contributed by atoms with Gasteiger partial charge in [0.25, 0.3) is 0 Å². The van der Waals surface area contributed by atoms with E-state index in [1.54, 1.807) is 24.3 Å². The third-order valence-electron chi connectivity index (χ3n) is 3.16. The second kappa shape index (κ2) is 6.70. The lowest BCUT2D eigenvalue weighted by molar-refractivity contribution is -0.114. The molecule has 0 saturated carbocycles. The maximum Gasteiger partial charge on any atom is 0.243 e. The van der Waals surface area contributed by atoms with Crippen molar-refractivity contribution in [3.05, 3.63) is 59.1 Å². The van der Waals surface area contributed by atoms with Gasteiger partial charge in [-0.3, -0.25) is 4.79 Å². The van der Waals surface area contributed by atoms with E-state index in [0.717, 1.165) is 4.47 Å². The summed E-state index contributed by atoms with van der Waals surface area (Å²) in [6.45, 7) is 0.0126. The summed E-state index contributed by atoms with van der Waals surface area (Å²) in [5, 5.41) is 6.20. The minimum absolute atomic E-state index is 0.0126. The Morgan fingerprint density at radius 3 is 2.70 bits per heavy atom. The van der Waals surface area contributed by atoms with Crippen molar-refractivity contribution in [2.75, 3.05) is 17.2 Å². The van der Waals surface area contributed by atoms with Gasteiger partial charge in [-0.05, 0) is 36.4 Å². The highest BCUT2D eigenvalue weighted by Crippen LogP contribution is 2.21. The summed E-state index contributed by atoms with van der Waals surface area (Å²) < 4.78 is 14.6. The molecule has 5 nitrogen and oxygen atoms in total. The van der Waals surface area contributed by atoms with Crippen LogP contribution in [0.15, 0.2) is 53.3 Å². The molecule has 1 aromatic heterocycles. The van der Waals surface area contributed by atoms with Crippen LogP contribution in [0.4, 0.5) is 15.9 Å². The van der Waals surface area contributed by atoms with Crippen LogP contribution in [-0.2, 0) is 4.79 Å². The zero-order valence-electron chi connectivity index (χ0n) is 11.9. The predicted octanol–water partition coefficient (Wildman–Crippen LogP) is 3.58. The number of amides is 1. The normalized spacial score (nSPS) is 10.5. The molecule has 0 aliphatic carbocycles. The Hall–Kier alpha value is -2.54. The van der Waals surface area contributed by atoms with Crippen LogP contribution in [0.25, 0.3) is 10.9 Å². The largest absolute Gasteiger partial charge is 0.360 e. The van der Waals surface area contributed by atoms with Gasteiger partial charge in [0, 0.05) is 15.5 Å². The average molecular weight is 375 g/mol. The van der Waals surface area contributed by atoms with Crippen LogP contribution in [0, 0.1) is 5.82 Å². The molecule has 3 rings (SSSR count). The van der Waals surface area contributed by atoms with E-state index in [1.807, 2.05) is 12.1 Å². The number of halogens is 2. The Labute approximate surface area is 140 Å². The van der Waals surface area contributed by atoms with Gasteiger partial charge < -0.3 is 10.6 Å². The number of aromatic nitrogens is 2. The minimum Gasteiger partial charge on any atom is -0.360 e. The van der Waals surface area contributed by atoms with Crippen LogP contribution in [0.1, 0.15) is 0 Å². The predicted molar refractivity (Wildman–Crippen MR) is 90.8 cm³/mol. The topological polar surface area (TPSA) is 66.9 Å². The molecular formula is C16H12BrFN4O. The summed E-state index contributed by atoms with van der Waals surface area (Å²) in [5.41, 5.74) is 0.914. The summed E-state index contributed by atoms with van der Waals surface area (Å²) in [7, 11) is 0. The van der Waals surface area contributed by atoms with Crippen LogP contribution in [0.3, 0.4) is 0 Å². The molecule has 0 atom stereocenters. The second-order valence-electron chi connectivity index (χ2n) is 4.77. The molecule has 0 aliphatic heterocycles. The van der Waals surface area contributed by atoms with Crippen LogP contribution in [0.2, 0.25) is 0 Å². The third-order valence-corrected chi connectivity index (χ3v) is 3.69. The lowest BCUT2D eigenvalue weighted by atomic mass is 10.2. The zero-order chi connectivity index (χ0) is 16.2. The number of nitrogens with one attached hydrogen (secondary N) is 2. The van der Waals surface area contributed by atoms with Crippen molar-refractivity contribution in [1.29, 1.82) is 0 Å². The van der Waals surface area contributed by atoms with E-state index in [2.05, 4.69) is 36.5 Å². The monoisotopic (exact) mass is 374 g/mol. The maximum atomic E-state index is 13.7. The molecule has 0 bridgehead atoms. The van der Waals surface area contributed by atoms with E-state index in [0.29, 0.717) is 16.9 Å². The highest BCUT2D eigenvalue weighted by Gasteiger charge is 2.09. The Balaban J connectivity index is 1.70. The van der Waals surface area contributed by atoms with E-state index < -0.39 is 5.82 Å². The van der Waals surface area contributed by atoms with Crippen LogP contribution in [0.5, 0.6) is 0 Å². The molecule has 2 N–H and O–H groups in total. The SMILES string of the molecule is O=C(CNc1ncnc2c(F)cccc12)Nc1ccc(Br)cc1. The maximum absolute atomic E-state index is 13.7. The first-order valence-corrected chi connectivity index (χ1v) is 7.61. The fourth-order valence-corrected chi connectivity index (χ4v) is 2.36. The number of carbonyl (C=O) groups excluding carboxylic acids is 1. The van der Waals surface area contributed by atoms with Gasteiger partial charge in [0.1, 0.15) is 23.5 Å². The number of hydrogen-bond acceptors (Lipinski definition) is 4. The average Bonchev–Trinajstić information content (AvgIpc) is 2.55. The Morgan fingerprint density at radius 2 is 1.91 bits per heavy atom. The molecule has 2 aromatic carbocycles. The molecule has 0 aliphatic rings. The van der Waals surface area contributed by atoms with Gasteiger partial charge in [-0.1, -0.05) is 22.0 Å². The third kappa shape index (κ3) is 3.62. The molecule has 0 spiro atoms. The second-order valence-corrected chi connectivity index (χ2v) is 5.68. The highest BCUT2D eigenvalue weighted by molar-refractivity contribution is 9.10. The number of para-hydroxylation sites is 1. The lowest BCUT2D eigenvalue weighted by Gasteiger charge is -2.09. The summed E-state index contributed by atoms with van der Waals surface area (Å²) in [6, 6.07) is 11.9. The summed E-state index contributed by atoms with van der Waals surface area (Å²) in [6.07, 6.45) is 1.26. The van der Waals surface area contributed by atoms with Gasteiger partial charge in [-0.25, -0.2) is 14.4 Å². The zero-order valence-corrected chi connectivity index (χ0v) is 13.5. The van der Waals surface area contributed by atoms with Gasteiger partial charge in [-0.15, -0.1) is 0 Å². The molecule has 1 amide bonds. The smallest absolute Gasteiger partial charge is 0.243 e. The van der Waals surface area contributed by atoms with Crippen molar-refractivity contribution in [3.63, 3.8) is 0 Å². The van der Waals surface area contributed by atoms with Crippen molar-refractivity contribution < 1.29 is 9.18 Å². The fourth-order valence-electron chi connectivity index (χ4n) is 2.09. The van der Waals surface area contributed by atoms with E-state index in [-0.39, 0.29) is 18.0 Å². The summed E-state index contributed by atoms with van der Waals surface area (Å²) in [4.78, 5) is 19.9. The van der Waals surface area contributed by atoms with Gasteiger partial charge >= 0.3 is 0 Å². The molecular weight excluding hydrogens is 363 g/mol. The summed E-state index contributed by atoms with van der Waals surface area (Å²) in [5.74, 6) is -0.233. The molecule has 3 aromatic rings.